The molecule has 0 bridgehead atoms. The predicted octanol–water partition coefficient (Wildman–Crippen LogP) is 0.307. The Morgan fingerprint density at radius 2 is 2.41 bits per heavy atom. The number of nitrogens with one attached hydrogen (secondary N) is 1. The van der Waals surface area contributed by atoms with Crippen molar-refractivity contribution in [3.63, 3.8) is 0 Å². The highest BCUT2D eigenvalue weighted by molar-refractivity contribution is 5.74. The number of aryl methyl sites for hydroxylation is 1. The second-order valence-electron chi connectivity index (χ2n) is 4.46. The molecule has 2 amide bonds. The molecule has 0 spiro atoms. The van der Waals surface area contributed by atoms with Crippen LogP contribution in [0.5, 0.6) is 0 Å². The molecule has 6 nitrogen and oxygen atoms in total. The van der Waals surface area contributed by atoms with E-state index in [-0.39, 0.29) is 6.03 Å². The lowest BCUT2D eigenvalue weighted by molar-refractivity contribution is -0.0905. The van der Waals surface area contributed by atoms with E-state index in [1.807, 2.05) is 20.2 Å². The van der Waals surface area contributed by atoms with Gasteiger partial charge in [-0.2, -0.15) is 5.10 Å². The van der Waals surface area contributed by atoms with Crippen molar-refractivity contribution in [3.05, 3.63) is 18.0 Å². The molecule has 1 aliphatic heterocycles. The number of morpholine rings is 1. The van der Waals surface area contributed by atoms with Gasteiger partial charge in [-0.25, -0.2) is 4.79 Å². The van der Waals surface area contributed by atoms with E-state index >= 15 is 0 Å². The van der Waals surface area contributed by atoms with Crippen LogP contribution in [0.1, 0.15) is 12.5 Å². The Labute approximate surface area is 101 Å². The van der Waals surface area contributed by atoms with E-state index in [0.717, 1.165) is 5.56 Å². The number of hydrogen-bond donors (Lipinski definition) is 1. The number of urea groups is 1. The number of carbonyl (C=O) groups is 1. The minimum Gasteiger partial charge on any atom is -0.367 e. The summed E-state index contributed by atoms with van der Waals surface area (Å²) in [4.78, 5) is 13.4. The molecule has 2 rings (SSSR count). The molecule has 0 radical (unpaired) electrons. The van der Waals surface area contributed by atoms with Crippen LogP contribution in [0.2, 0.25) is 0 Å². The van der Waals surface area contributed by atoms with E-state index in [0.29, 0.717) is 19.7 Å². The van der Waals surface area contributed by atoms with E-state index in [2.05, 4.69) is 10.4 Å². The molecule has 1 aliphatic rings. The highest BCUT2D eigenvalue weighted by Gasteiger charge is 2.36. The monoisotopic (exact) mass is 238 g/mol. The van der Waals surface area contributed by atoms with Crippen LogP contribution in [0.4, 0.5) is 4.79 Å². The molecule has 17 heavy (non-hydrogen) atoms. The SMILES string of the molecule is CNC(=O)N1CCO[C@@](C)(c2cnn(C)c2)C1. The van der Waals surface area contributed by atoms with Crippen LogP contribution in [0.3, 0.4) is 0 Å². The zero-order valence-corrected chi connectivity index (χ0v) is 10.4. The largest absolute Gasteiger partial charge is 0.367 e. The molecule has 0 aliphatic carbocycles. The Balaban J connectivity index is 2.17. The van der Waals surface area contributed by atoms with Crippen molar-refractivity contribution in [1.82, 2.24) is 20.0 Å². The van der Waals surface area contributed by atoms with Crippen LogP contribution in [0.15, 0.2) is 12.4 Å². The molecule has 0 aromatic carbocycles. The first-order valence-corrected chi connectivity index (χ1v) is 5.65. The van der Waals surface area contributed by atoms with E-state index in [1.54, 1.807) is 22.8 Å². The van der Waals surface area contributed by atoms with Gasteiger partial charge in [0.05, 0.1) is 19.3 Å². The van der Waals surface area contributed by atoms with Crippen LogP contribution in [0.25, 0.3) is 0 Å². The van der Waals surface area contributed by atoms with Crippen LogP contribution in [-0.2, 0) is 17.4 Å². The minimum atomic E-state index is -0.473. The molecule has 1 aromatic rings. The summed E-state index contributed by atoms with van der Waals surface area (Å²) in [6.07, 6.45) is 3.71. The van der Waals surface area contributed by atoms with Gasteiger partial charge in [-0.05, 0) is 6.92 Å². The lowest BCUT2D eigenvalue weighted by Gasteiger charge is -2.39. The zero-order valence-electron chi connectivity index (χ0n) is 10.4. The van der Waals surface area contributed by atoms with E-state index in [9.17, 15) is 4.79 Å². The number of amides is 2. The summed E-state index contributed by atoms with van der Waals surface area (Å²) in [5.74, 6) is 0. The second-order valence-corrected chi connectivity index (χ2v) is 4.46. The molecule has 1 saturated heterocycles. The van der Waals surface area contributed by atoms with Gasteiger partial charge in [0.1, 0.15) is 5.60 Å². The van der Waals surface area contributed by atoms with Crippen molar-refractivity contribution in [2.75, 3.05) is 26.7 Å². The number of rotatable bonds is 1. The van der Waals surface area contributed by atoms with Crippen molar-refractivity contribution < 1.29 is 9.53 Å². The lowest BCUT2D eigenvalue weighted by Crippen LogP contribution is -2.52. The van der Waals surface area contributed by atoms with Gasteiger partial charge in [-0.15, -0.1) is 0 Å². The Morgan fingerprint density at radius 3 is 3.00 bits per heavy atom. The highest BCUT2D eigenvalue weighted by atomic mass is 16.5. The summed E-state index contributed by atoms with van der Waals surface area (Å²) >= 11 is 0. The number of ether oxygens (including phenoxy) is 1. The average molecular weight is 238 g/mol. The Morgan fingerprint density at radius 1 is 1.65 bits per heavy atom. The summed E-state index contributed by atoms with van der Waals surface area (Å²) in [5.41, 5.74) is 0.521. The summed E-state index contributed by atoms with van der Waals surface area (Å²) in [6, 6.07) is -0.0663. The van der Waals surface area contributed by atoms with Gasteiger partial charge in [0, 0.05) is 32.4 Å². The topological polar surface area (TPSA) is 59.4 Å². The third-order valence-electron chi connectivity index (χ3n) is 3.09. The summed E-state index contributed by atoms with van der Waals surface area (Å²) in [7, 11) is 3.51. The maximum atomic E-state index is 11.6. The fraction of sp³-hybridized carbons (Fsp3) is 0.636. The van der Waals surface area contributed by atoms with Crippen molar-refractivity contribution in [2.45, 2.75) is 12.5 Å². The van der Waals surface area contributed by atoms with Gasteiger partial charge in [0.2, 0.25) is 0 Å². The first-order valence-electron chi connectivity index (χ1n) is 5.65. The molecule has 1 N–H and O–H groups in total. The van der Waals surface area contributed by atoms with E-state index in [1.165, 1.54) is 0 Å². The van der Waals surface area contributed by atoms with Gasteiger partial charge in [-0.1, -0.05) is 0 Å². The predicted molar refractivity (Wildman–Crippen MR) is 62.5 cm³/mol. The maximum Gasteiger partial charge on any atom is 0.317 e. The molecule has 0 saturated carbocycles. The molecule has 1 fully saturated rings. The molecular formula is C11H18N4O2. The fourth-order valence-corrected chi connectivity index (χ4v) is 2.07. The Kier molecular flexibility index (Phi) is 3.06. The first kappa shape index (κ1) is 11.9. The standard InChI is InChI=1S/C11H18N4O2/c1-11(9-6-13-14(3)7-9)8-15(4-5-17-11)10(16)12-2/h6-7H,4-5,8H2,1-3H3,(H,12,16)/t11-/m1/s1. The lowest BCUT2D eigenvalue weighted by atomic mass is 9.97. The van der Waals surface area contributed by atoms with Gasteiger partial charge < -0.3 is 15.0 Å². The van der Waals surface area contributed by atoms with E-state index in [4.69, 9.17) is 4.74 Å². The van der Waals surface area contributed by atoms with E-state index < -0.39 is 5.60 Å². The number of aromatic nitrogens is 2. The molecule has 2 heterocycles. The molecular weight excluding hydrogens is 220 g/mol. The molecule has 0 unspecified atom stereocenters. The molecule has 94 valence electrons. The van der Waals surface area contributed by atoms with Crippen molar-refractivity contribution in [1.29, 1.82) is 0 Å². The van der Waals surface area contributed by atoms with Gasteiger partial charge in [0.15, 0.2) is 0 Å². The van der Waals surface area contributed by atoms with Crippen LogP contribution in [0, 0.1) is 0 Å². The summed E-state index contributed by atoms with van der Waals surface area (Å²) in [6.45, 7) is 3.69. The van der Waals surface area contributed by atoms with Crippen LogP contribution < -0.4 is 5.32 Å². The quantitative estimate of drug-likeness (QED) is 0.766. The number of carbonyl (C=O) groups excluding carboxylic acids is 1. The zero-order chi connectivity index (χ0) is 12.5. The Bertz CT molecular complexity index is 417. The highest BCUT2D eigenvalue weighted by Crippen LogP contribution is 2.28. The van der Waals surface area contributed by atoms with Crippen molar-refractivity contribution in [2.24, 2.45) is 7.05 Å². The molecule has 6 heteroatoms. The molecule has 1 atom stereocenters. The summed E-state index contributed by atoms with van der Waals surface area (Å²) < 4.78 is 7.55. The second kappa shape index (κ2) is 4.37. The molecule has 1 aromatic heterocycles. The Hall–Kier alpha value is -1.56. The summed E-state index contributed by atoms with van der Waals surface area (Å²) in [5, 5.41) is 6.78. The first-order chi connectivity index (χ1) is 8.05. The van der Waals surface area contributed by atoms with Crippen molar-refractivity contribution >= 4 is 6.03 Å². The van der Waals surface area contributed by atoms with Crippen molar-refractivity contribution in [3.8, 4) is 0 Å². The number of hydrogen-bond acceptors (Lipinski definition) is 3. The third-order valence-corrected chi connectivity index (χ3v) is 3.09. The van der Waals surface area contributed by atoms with Gasteiger partial charge >= 0.3 is 6.03 Å². The third kappa shape index (κ3) is 2.26. The van der Waals surface area contributed by atoms with Crippen LogP contribution in [-0.4, -0.2) is 47.5 Å². The van der Waals surface area contributed by atoms with Crippen LogP contribution >= 0.6 is 0 Å². The number of nitrogens with zero attached hydrogens (tertiary/aromatic N) is 3. The average Bonchev–Trinajstić information content (AvgIpc) is 2.76. The maximum absolute atomic E-state index is 11.6. The van der Waals surface area contributed by atoms with Gasteiger partial charge in [-0.3, -0.25) is 4.68 Å². The normalized spacial score (nSPS) is 24.8. The fourth-order valence-electron chi connectivity index (χ4n) is 2.07. The minimum absolute atomic E-state index is 0.0663. The smallest absolute Gasteiger partial charge is 0.317 e. The van der Waals surface area contributed by atoms with Gasteiger partial charge in [0.25, 0.3) is 0 Å².